The van der Waals surface area contributed by atoms with Crippen molar-refractivity contribution in [1.82, 2.24) is 0 Å². The van der Waals surface area contributed by atoms with Gasteiger partial charge in [-0.05, 0) is 23.5 Å². The van der Waals surface area contributed by atoms with Crippen LogP contribution in [0.2, 0.25) is 0 Å². The third-order valence-corrected chi connectivity index (χ3v) is 4.01. The summed E-state index contributed by atoms with van der Waals surface area (Å²) in [4.78, 5) is 13.9. The van der Waals surface area contributed by atoms with Crippen LogP contribution < -0.4 is 4.90 Å². The molecule has 0 saturated heterocycles. The second-order valence-corrected chi connectivity index (χ2v) is 6.60. The van der Waals surface area contributed by atoms with E-state index in [-0.39, 0.29) is 23.9 Å². The quantitative estimate of drug-likeness (QED) is 0.542. The Morgan fingerprint density at radius 3 is 2.52 bits per heavy atom. The van der Waals surface area contributed by atoms with Gasteiger partial charge in [0.25, 0.3) is 0 Å². The zero-order valence-corrected chi connectivity index (χ0v) is 15.4. The smallest absolute Gasteiger partial charge is 0.243 e. The summed E-state index contributed by atoms with van der Waals surface area (Å²) in [7, 11) is 0. The Balaban J connectivity index is 3.42. The van der Waals surface area contributed by atoms with E-state index in [2.05, 4.69) is 42.8 Å². The van der Waals surface area contributed by atoms with Crippen molar-refractivity contribution in [1.29, 1.82) is 0 Å². The maximum absolute atomic E-state index is 12.3. The summed E-state index contributed by atoms with van der Waals surface area (Å²) < 4.78 is 5.47. The molecule has 0 spiro atoms. The third-order valence-electron chi connectivity index (χ3n) is 3.18. The standard InChI is InChI=1S/C16H23BrClNO2/c1-5-21-11-19(14(20)10-18)15-12(9-17)7-6-8-13(15)16(2,3)4/h6-8H,5,9-11H2,1-4H3. The molecule has 1 aromatic rings. The second kappa shape index (κ2) is 8.16. The molecule has 21 heavy (non-hydrogen) atoms. The minimum Gasteiger partial charge on any atom is -0.361 e. The van der Waals surface area contributed by atoms with Crippen molar-refractivity contribution in [2.45, 2.75) is 38.4 Å². The monoisotopic (exact) mass is 375 g/mol. The molecule has 0 fully saturated rings. The van der Waals surface area contributed by atoms with Crippen molar-refractivity contribution in [3.63, 3.8) is 0 Å². The van der Waals surface area contributed by atoms with Crippen molar-refractivity contribution in [3.8, 4) is 0 Å². The van der Waals surface area contributed by atoms with E-state index >= 15 is 0 Å². The van der Waals surface area contributed by atoms with Gasteiger partial charge in [-0.2, -0.15) is 0 Å². The summed E-state index contributed by atoms with van der Waals surface area (Å²) in [5.74, 6) is -0.211. The van der Waals surface area contributed by atoms with Crippen LogP contribution in [-0.2, 0) is 20.3 Å². The molecule has 5 heteroatoms. The average molecular weight is 377 g/mol. The summed E-state index contributed by atoms with van der Waals surface area (Å²) in [5.41, 5.74) is 2.99. The molecule has 0 aliphatic carbocycles. The lowest BCUT2D eigenvalue weighted by atomic mass is 9.84. The summed E-state index contributed by atoms with van der Waals surface area (Å²) in [6, 6.07) is 6.09. The number of hydrogen-bond acceptors (Lipinski definition) is 2. The number of carbonyl (C=O) groups excluding carboxylic acids is 1. The van der Waals surface area contributed by atoms with Crippen molar-refractivity contribution < 1.29 is 9.53 Å². The fraction of sp³-hybridized carbons (Fsp3) is 0.562. The van der Waals surface area contributed by atoms with Gasteiger partial charge in [0.15, 0.2) is 0 Å². The molecule has 3 nitrogen and oxygen atoms in total. The SMILES string of the molecule is CCOCN(C(=O)CCl)c1c(CBr)cccc1C(C)(C)C. The molecule has 0 atom stereocenters. The minimum absolute atomic E-state index is 0.0622. The van der Waals surface area contributed by atoms with Gasteiger partial charge in [-0.25, -0.2) is 0 Å². The van der Waals surface area contributed by atoms with Crippen molar-refractivity contribution >= 4 is 39.1 Å². The molecule has 118 valence electrons. The number of nitrogens with zero attached hydrogens (tertiary/aromatic N) is 1. The topological polar surface area (TPSA) is 29.5 Å². The molecule has 0 unspecified atom stereocenters. The first-order valence-corrected chi connectivity index (χ1v) is 8.64. The average Bonchev–Trinajstić information content (AvgIpc) is 2.46. The van der Waals surface area contributed by atoms with Crippen molar-refractivity contribution in [2.75, 3.05) is 24.1 Å². The number of benzene rings is 1. The molecule has 0 radical (unpaired) electrons. The van der Waals surface area contributed by atoms with Crippen LogP contribution >= 0.6 is 27.5 Å². The van der Waals surface area contributed by atoms with Crippen LogP contribution in [0.5, 0.6) is 0 Å². The lowest BCUT2D eigenvalue weighted by molar-refractivity contribution is -0.117. The highest BCUT2D eigenvalue weighted by Gasteiger charge is 2.26. The fourth-order valence-electron chi connectivity index (χ4n) is 2.14. The lowest BCUT2D eigenvalue weighted by Gasteiger charge is -2.31. The molecule has 1 amide bonds. The van der Waals surface area contributed by atoms with E-state index in [0.29, 0.717) is 11.9 Å². The first kappa shape index (κ1) is 18.5. The van der Waals surface area contributed by atoms with Crippen LogP contribution in [0.15, 0.2) is 18.2 Å². The lowest BCUT2D eigenvalue weighted by Crippen LogP contribution is -2.36. The van der Waals surface area contributed by atoms with Gasteiger partial charge in [0.2, 0.25) is 5.91 Å². The molecule has 0 heterocycles. The first-order chi connectivity index (χ1) is 9.86. The maximum atomic E-state index is 12.3. The van der Waals surface area contributed by atoms with E-state index in [9.17, 15) is 4.79 Å². The maximum Gasteiger partial charge on any atom is 0.243 e. The Morgan fingerprint density at radius 2 is 2.05 bits per heavy atom. The van der Waals surface area contributed by atoms with Gasteiger partial charge in [-0.1, -0.05) is 54.9 Å². The molecule has 0 N–H and O–H groups in total. The number of hydrogen-bond donors (Lipinski definition) is 0. The number of para-hydroxylation sites is 1. The van der Waals surface area contributed by atoms with E-state index in [0.717, 1.165) is 16.8 Å². The second-order valence-electron chi connectivity index (χ2n) is 5.77. The molecular weight excluding hydrogens is 354 g/mol. The van der Waals surface area contributed by atoms with Gasteiger partial charge in [0.05, 0.1) is 5.69 Å². The largest absolute Gasteiger partial charge is 0.361 e. The number of carbonyl (C=O) groups is 1. The number of halogens is 2. The van der Waals surface area contributed by atoms with Gasteiger partial charge in [-0.3, -0.25) is 9.69 Å². The van der Waals surface area contributed by atoms with Gasteiger partial charge in [-0.15, -0.1) is 11.6 Å². The minimum atomic E-state index is -0.149. The number of anilines is 1. The predicted molar refractivity (Wildman–Crippen MR) is 92.5 cm³/mol. The Bertz CT molecular complexity index is 486. The summed E-state index contributed by atoms with van der Waals surface area (Å²) in [6.45, 7) is 9.07. The molecular formula is C16H23BrClNO2. The molecule has 0 bridgehead atoms. The Labute approximate surface area is 140 Å². The van der Waals surface area contributed by atoms with E-state index in [4.69, 9.17) is 16.3 Å². The number of alkyl halides is 2. The van der Waals surface area contributed by atoms with Crippen molar-refractivity contribution in [3.05, 3.63) is 29.3 Å². The molecule has 0 aliphatic rings. The zero-order valence-electron chi connectivity index (χ0n) is 13.1. The zero-order chi connectivity index (χ0) is 16.0. The van der Waals surface area contributed by atoms with Crippen LogP contribution in [0.25, 0.3) is 0 Å². The van der Waals surface area contributed by atoms with Crippen molar-refractivity contribution in [2.24, 2.45) is 0 Å². The van der Waals surface area contributed by atoms with E-state index in [1.54, 1.807) is 4.90 Å². The van der Waals surface area contributed by atoms with E-state index < -0.39 is 0 Å². The van der Waals surface area contributed by atoms with Crippen LogP contribution in [0.4, 0.5) is 5.69 Å². The van der Waals surface area contributed by atoms with Crippen LogP contribution in [-0.4, -0.2) is 25.1 Å². The molecule has 0 saturated carbocycles. The predicted octanol–water partition coefficient (Wildman–Crippen LogP) is 4.44. The van der Waals surface area contributed by atoms with Crippen LogP contribution in [0, 0.1) is 0 Å². The summed E-state index contributed by atoms with van der Waals surface area (Å²) in [5, 5.41) is 0.671. The highest BCUT2D eigenvalue weighted by molar-refractivity contribution is 9.08. The summed E-state index contributed by atoms with van der Waals surface area (Å²) >= 11 is 9.28. The Morgan fingerprint density at radius 1 is 1.38 bits per heavy atom. The van der Waals surface area contributed by atoms with Crippen LogP contribution in [0.3, 0.4) is 0 Å². The van der Waals surface area contributed by atoms with Gasteiger partial charge >= 0.3 is 0 Å². The third kappa shape index (κ3) is 4.70. The van der Waals surface area contributed by atoms with E-state index in [1.165, 1.54) is 0 Å². The fourth-order valence-corrected chi connectivity index (χ4v) is 2.74. The highest BCUT2D eigenvalue weighted by atomic mass is 79.9. The Kier molecular flexibility index (Phi) is 7.17. The normalized spacial score (nSPS) is 11.5. The molecule has 1 rings (SSSR count). The number of amides is 1. The number of ether oxygens (including phenoxy) is 1. The van der Waals surface area contributed by atoms with E-state index in [1.807, 2.05) is 19.1 Å². The molecule has 1 aromatic carbocycles. The van der Waals surface area contributed by atoms with Gasteiger partial charge in [0.1, 0.15) is 12.6 Å². The van der Waals surface area contributed by atoms with Crippen LogP contribution in [0.1, 0.15) is 38.8 Å². The van der Waals surface area contributed by atoms with Gasteiger partial charge < -0.3 is 4.74 Å². The summed E-state index contributed by atoms with van der Waals surface area (Å²) in [6.07, 6.45) is 0. The van der Waals surface area contributed by atoms with Gasteiger partial charge in [0, 0.05) is 11.9 Å². The Hall–Kier alpha value is -0.580. The first-order valence-electron chi connectivity index (χ1n) is 6.99. The molecule has 0 aliphatic heterocycles. The highest BCUT2D eigenvalue weighted by Crippen LogP contribution is 2.36. The molecule has 0 aromatic heterocycles. The number of rotatable bonds is 6.